The lowest BCUT2D eigenvalue weighted by atomic mass is 9.89. The topological polar surface area (TPSA) is 42.7 Å². The van der Waals surface area contributed by atoms with E-state index in [1.54, 1.807) is 12.7 Å². The van der Waals surface area contributed by atoms with Gasteiger partial charge in [0.25, 0.3) is 0 Å². The van der Waals surface area contributed by atoms with E-state index < -0.39 is 0 Å². The molecule has 0 saturated carbocycles. The van der Waals surface area contributed by atoms with Crippen molar-refractivity contribution in [2.45, 2.75) is 19.0 Å². The summed E-state index contributed by atoms with van der Waals surface area (Å²) < 4.78 is 1.84. The molecule has 0 aliphatic carbocycles. The number of rotatable bonds is 3. The van der Waals surface area contributed by atoms with Crippen LogP contribution in [0.4, 0.5) is 0 Å². The third-order valence-electron chi connectivity index (χ3n) is 4.23. The monoisotopic (exact) mass is 290 g/mol. The summed E-state index contributed by atoms with van der Waals surface area (Å²) in [5.74, 6) is 0. The molecule has 0 radical (unpaired) electrons. The van der Waals surface area contributed by atoms with E-state index in [1.165, 1.54) is 22.3 Å². The average Bonchev–Trinajstić information content (AvgIpc) is 3.08. The lowest BCUT2D eigenvalue weighted by Crippen LogP contribution is -2.30. The van der Waals surface area contributed by atoms with Gasteiger partial charge in [-0.25, -0.2) is 9.67 Å². The first-order valence-electron chi connectivity index (χ1n) is 7.62. The normalized spacial score (nSPS) is 17.2. The first kappa shape index (κ1) is 13.2. The molecule has 0 amide bonds. The van der Waals surface area contributed by atoms with Crippen LogP contribution in [0, 0.1) is 0 Å². The molecule has 0 spiro atoms. The Hall–Kier alpha value is -2.46. The molecule has 110 valence electrons. The maximum absolute atomic E-state index is 4.15. The molecule has 22 heavy (non-hydrogen) atoms. The molecule has 1 atom stereocenters. The summed E-state index contributed by atoms with van der Waals surface area (Å²) in [7, 11) is 0. The Morgan fingerprint density at radius 2 is 1.95 bits per heavy atom. The van der Waals surface area contributed by atoms with E-state index >= 15 is 0 Å². The van der Waals surface area contributed by atoms with Crippen molar-refractivity contribution in [2.24, 2.45) is 0 Å². The number of nitrogens with zero attached hydrogens (tertiary/aromatic N) is 3. The molecule has 1 aromatic heterocycles. The summed E-state index contributed by atoms with van der Waals surface area (Å²) in [6.45, 7) is 1.79. The minimum Gasteiger partial charge on any atom is -0.306 e. The van der Waals surface area contributed by atoms with E-state index in [9.17, 15) is 0 Å². The fourth-order valence-electron chi connectivity index (χ4n) is 3.12. The van der Waals surface area contributed by atoms with Gasteiger partial charge in [-0.15, -0.1) is 0 Å². The molecular weight excluding hydrogens is 272 g/mol. The Kier molecular flexibility index (Phi) is 3.45. The molecule has 4 rings (SSSR count). The van der Waals surface area contributed by atoms with Gasteiger partial charge in [0.2, 0.25) is 0 Å². The summed E-state index contributed by atoms with van der Waals surface area (Å²) in [5, 5.41) is 7.78. The van der Waals surface area contributed by atoms with E-state index in [2.05, 4.69) is 63.9 Å². The van der Waals surface area contributed by atoms with Crippen LogP contribution in [0.25, 0.3) is 0 Å². The van der Waals surface area contributed by atoms with Gasteiger partial charge in [0, 0.05) is 6.54 Å². The van der Waals surface area contributed by atoms with Crippen molar-refractivity contribution in [1.82, 2.24) is 20.1 Å². The van der Waals surface area contributed by atoms with E-state index in [0.717, 1.165) is 19.5 Å². The standard InChI is InChI=1S/C18H18N4/c1-2-4-17-15(3-1)9-10-20-18(17)16-7-5-14(6-8-16)11-22-13-19-12-21-22/h1-8,12-13,18,20H,9-11H2/t18-/m0/s1. The van der Waals surface area contributed by atoms with Crippen LogP contribution >= 0.6 is 0 Å². The zero-order valence-electron chi connectivity index (χ0n) is 12.3. The van der Waals surface area contributed by atoms with Crippen molar-refractivity contribution in [3.05, 3.63) is 83.4 Å². The van der Waals surface area contributed by atoms with E-state index in [1.807, 2.05) is 4.68 Å². The zero-order valence-corrected chi connectivity index (χ0v) is 12.3. The maximum Gasteiger partial charge on any atom is 0.137 e. The predicted molar refractivity (Wildman–Crippen MR) is 85.6 cm³/mol. The smallest absolute Gasteiger partial charge is 0.137 e. The van der Waals surface area contributed by atoms with Crippen LogP contribution in [0.3, 0.4) is 0 Å². The first-order chi connectivity index (χ1) is 10.9. The third-order valence-corrected chi connectivity index (χ3v) is 4.23. The number of benzene rings is 2. The number of hydrogen-bond donors (Lipinski definition) is 1. The minimum atomic E-state index is 0.297. The van der Waals surface area contributed by atoms with Gasteiger partial charge in [-0.3, -0.25) is 0 Å². The highest BCUT2D eigenvalue weighted by Gasteiger charge is 2.20. The van der Waals surface area contributed by atoms with Crippen molar-refractivity contribution in [3.63, 3.8) is 0 Å². The summed E-state index contributed by atoms with van der Waals surface area (Å²) in [6.07, 6.45) is 4.42. The van der Waals surface area contributed by atoms with Crippen LogP contribution in [0.2, 0.25) is 0 Å². The molecule has 1 N–H and O–H groups in total. The fraction of sp³-hybridized carbons (Fsp3) is 0.222. The Morgan fingerprint density at radius 3 is 2.77 bits per heavy atom. The van der Waals surface area contributed by atoms with Gasteiger partial charge in [-0.1, -0.05) is 48.5 Å². The molecule has 2 aromatic carbocycles. The zero-order chi connectivity index (χ0) is 14.8. The fourth-order valence-corrected chi connectivity index (χ4v) is 3.12. The minimum absolute atomic E-state index is 0.297. The number of aromatic nitrogens is 3. The molecule has 4 heteroatoms. The highest BCUT2D eigenvalue weighted by atomic mass is 15.3. The average molecular weight is 290 g/mol. The second-order valence-corrected chi connectivity index (χ2v) is 5.67. The first-order valence-corrected chi connectivity index (χ1v) is 7.62. The van der Waals surface area contributed by atoms with Gasteiger partial charge >= 0.3 is 0 Å². The summed E-state index contributed by atoms with van der Waals surface area (Å²) in [6, 6.07) is 17.8. The van der Waals surface area contributed by atoms with Crippen molar-refractivity contribution in [2.75, 3.05) is 6.54 Å². The summed E-state index contributed by atoms with van der Waals surface area (Å²) in [5.41, 5.74) is 5.41. The molecule has 3 aromatic rings. The molecule has 1 aliphatic heterocycles. The van der Waals surface area contributed by atoms with Crippen LogP contribution in [-0.2, 0) is 13.0 Å². The molecule has 0 saturated heterocycles. The lowest BCUT2D eigenvalue weighted by molar-refractivity contribution is 0.567. The van der Waals surface area contributed by atoms with Crippen LogP contribution in [-0.4, -0.2) is 21.3 Å². The molecule has 1 aliphatic rings. The van der Waals surface area contributed by atoms with E-state index in [-0.39, 0.29) is 0 Å². The van der Waals surface area contributed by atoms with Gasteiger partial charge in [-0.05, 0) is 28.7 Å². The van der Waals surface area contributed by atoms with Crippen LogP contribution < -0.4 is 5.32 Å². The Balaban J connectivity index is 1.59. The van der Waals surface area contributed by atoms with Crippen molar-refractivity contribution in [1.29, 1.82) is 0 Å². The predicted octanol–water partition coefficient (Wildman–Crippen LogP) is 2.56. The van der Waals surface area contributed by atoms with Crippen LogP contribution in [0.1, 0.15) is 28.3 Å². The Bertz CT molecular complexity index is 747. The Morgan fingerprint density at radius 1 is 1.09 bits per heavy atom. The van der Waals surface area contributed by atoms with Gasteiger partial charge in [0.1, 0.15) is 12.7 Å². The molecule has 2 heterocycles. The molecule has 4 nitrogen and oxygen atoms in total. The summed E-state index contributed by atoms with van der Waals surface area (Å²) in [4.78, 5) is 3.98. The SMILES string of the molecule is c1ccc2c(c1)CCN[C@H]2c1ccc(Cn2cncn2)cc1. The number of nitrogens with one attached hydrogen (secondary N) is 1. The van der Waals surface area contributed by atoms with Crippen LogP contribution in [0.5, 0.6) is 0 Å². The van der Waals surface area contributed by atoms with Crippen LogP contribution in [0.15, 0.2) is 61.2 Å². The van der Waals surface area contributed by atoms with Gasteiger partial charge in [0.15, 0.2) is 0 Å². The van der Waals surface area contributed by atoms with E-state index in [0.29, 0.717) is 6.04 Å². The van der Waals surface area contributed by atoms with Gasteiger partial charge in [0.05, 0.1) is 12.6 Å². The highest BCUT2D eigenvalue weighted by Crippen LogP contribution is 2.28. The largest absolute Gasteiger partial charge is 0.306 e. The van der Waals surface area contributed by atoms with Gasteiger partial charge < -0.3 is 5.32 Å². The van der Waals surface area contributed by atoms with Crippen molar-refractivity contribution >= 4 is 0 Å². The number of fused-ring (bicyclic) bond motifs is 1. The molecule has 0 bridgehead atoms. The van der Waals surface area contributed by atoms with E-state index in [4.69, 9.17) is 0 Å². The third kappa shape index (κ3) is 2.53. The molecular formula is C18H18N4. The van der Waals surface area contributed by atoms with Gasteiger partial charge in [-0.2, -0.15) is 5.10 Å². The maximum atomic E-state index is 4.15. The second kappa shape index (κ2) is 5.73. The quantitative estimate of drug-likeness (QED) is 0.806. The highest BCUT2D eigenvalue weighted by molar-refractivity contribution is 5.40. The second-order valence-electron chi connectivity index (χ2n) is 5.67. The van der Waals surface area contributed by atoms with Crippen molar-refractivity contribution in [3.8, 4) is 0 Å². The molecule has 0 fully saturated rings. The lowest BCUT2D eigenvalue weighted by Gasteiger charge is -2.27. The Labute approximate surface area is 129 Å². The molecule has 0 unspecified atom stereocenters. The van der Waals surface area contributed by atoms with Crippen molar-refractivity contribution < 1.29 is 0 Å². The number of hydrogen-bond acceptors (Lipinski definition) is 3. The summed E-state index contributed by atoms with van der Waals surface area (Å²) >= 11 is 0.